The van der Waals surface area contributed by atoms with E-state index < -0.39 is 16.1 Å². The van der Waals surface area contributed by atoms with Crippen molar-refractivity contribution >= 4 is 59.2 Å². The van der Waals surface area contributed by atoms with Crippen LogP contribution in [0.25, 0.3) is 76.5 Å². The standard InChI is InChI=1S/C67H70Si2/c1-44(2)68(45(3)4,46(5)6)37-35-62-64-40-57-19-15-16-20-58(57)41-65(64)63(36-38-69(47(7)8,48(9)10)49(11)12)67-43-61-39-59(33-34-60(61)42-66(62)67)56-31-29-55(30-32-56)54-27-25-53(26-28-54)52-23-21-51(22-24-52)50-17-13-14-18-50/h13-34,39-50H,1-12H3. The molecule has 0 saturated heterocycles. The molecule has 0 aromatic heterocycles. The van der Waals surface area contributed by atoms with Crippen molar-refractivity contribution in [1.82, 2.24) is 0 Å². The second-order valence-electron chi connectivity index (χ2n) is 21.8. The molecule has 1 aliphatic rings. The molecule has 0 bridgehead atoms. The van der Waals surface area contributed by atoms with Crippen LogP contribution in [0.5, 0.6) is 0 Å². The van der Waals surface area contributed by atoms with Crippen molar-refractivity contribution < 1.29 is 0 Å². The summed E-state index contributed by atoms with van der Waals surface area (Å²) in [6.07, 6.45) is 8.75. The van der Waals surface area contributed by atoms with E-state index in [9.17, 15) is 0 Å². The van der Waals surface area contributed by atoms with Gasteiger partial charge in [-0.3, -0.25) is 0 Å². The minimum Gasteiger partial charge on any atom is -0.125 e. The van der Waals surface area contributed by atoms with Crippen LogP contribution in [0.3, 0.4) is 0 Å². The summed E-state index contributed by atoms with van der Waals surface area (Å²) >= 11 is 0. The minimum atomic E-state index is -2.08. The third-order valence-corrected chi connectivity index (χ3v) is 28.9. The van der Waals surface area contributed by atoms with E-state index in [-0.39, 0.29) is 0 Å². The Bertz CT molecular complexity index is 3330. The van der Waals surface area contributed by atoms with E-state index in [1.165, 1.54) is 82.0 Å². The first-order chi connectivity index (χ1) is 33.1. The first-order valence-corrected chi connectivity index (χ1v) is 30.2. The molecule has 346 valence electrons. The van der Waals surface area contributed by atoms with Gasteiger partial charge in [0.25, 0.3) is 0 Å². The van der Waals surface area contributed by atoms with Gasteiger partial charge in [0.2, 0.25) is 0 Å². The average molecular weight is 931 g/mol. The summed E-state index contributed by atoms with van der Waals surface area (Å²) in [6, 6.07) is 52.6. The number of hydrogen-bond donors (Lipinski definition) is 0. The van der Waals surface area contributed by atoms with Gasteiger partial charge in [-0.1, -0.05) is 228 Å². The first-order valence-electron chi connectivity index (χ1n) is 25.7. The molecular weight excluding hydrogens is 861 g/mol. The van der Waals surface area contributed by atoms with Crippen LogP contribution in [0.2, 0.25) is 33.2 Å². The Hall–Kier alpha value is -6.17. The van der Waals surface area contributed by atoms with Crippen molar-refractivity contribution in [3.05, 3.63) is 181 Å². The topological polar surface area (TPSA) is 0 Å². The molecule has 0 saturated carbocycles. The maximum atomic E-state index is 4.18. The van der Waals surface area contributed by atoms with Gasteiger partial charge in [0, 0.05) is 17.0 Å². The van der Waals surface area contributed by atoms with Crippen LogP contribution >= 0.6 is 0 Å². The third kappa shape index (κ3) is 8.77. The minimum absolute atomic E-state index is 0.384. The molecule has 0 heterocycles. The Morgan fingerprint density at radius 2 is 0.638 bits per heavy atom. The molecule has 1 aliphatic carbocycles. The third-order valence-electron chi connectivity index (χ3n) is 16.3. The average Bonchev–Trinajstić information content (AvgIpc) is 3.89. The molecule has 0 unspecified atom stereocenters. The number of fused-ring (bicyclic) bond motifs is 4. The normalized spacial score (nSPS) is 13.3. The highest BCUT2D eigenvalue weighted by molar-refractivity contribution is 6.91. The Labute approximate surface area is 416 Å². The molecule has 2 heteroatoms. The van der Waals surface area contributed by atoms with Crippen LogP contribution in [0.15, 0.2) is 164 Å². The van der Waals surface area contributed by atoms with Crippen molar-refractivity contribution in [2.75, 3.05) is 0 Å². The molecule has 0 spiro atoms. The van der Waals surface area contributed by atoms with Crippen molar-refractivity contribution in [2.45, 2.75) is 122 Å². The number of allylic oxidation sites excluding steroid dienone is 4. The molecule has 8 aromatic carbocycles. The van der Waals surface area contributed by atoms with E-state index in [1.54, 1.807) is 0 Å². The van der Waals surface area contributed by atoms with E-state index in [2.05, 4.69) is 270 Å². The molecule has 0 radical (unpaired) electrons. The summed E-state index contributed by atoms with van der Waals surface area (Å²) in [7, 11) is -4.14. The predicted molar refractivity (Wildman–Crippen MR) is 310 cm³/mol. The molecule has 0 fully saturated rings. The fourth-order valence-corrected chi connectivity index (χ4v) is 23.0. The number of benzene rings is 8. The molecule has 9 rings (SSSR count). The Morgan fingerprint density at radius 3 is 1.00 bits per heavy atom. The Balaban J connectivity index is 1.19. The summed E-state index contributed by atoms with van der Waals surface area (Å²) in [6.45, 7) is 29.0. The van der Waals surface area contributed by atoms with Crippen molar-refractivity contribution in [1.29, 1.82) is 0 Å². The molecule has 0 atom stereocenters. The molecule has 0 nitrogen and oxygen atoms in total. The Kier molecular flexibility index (Phi) is 13.4. The first kappa shape index (κ1) is 47.9. The fourth-order valence-electron chi connectivity index (χ4n) is 12.6. The largest absolute Gasteiger partial charge is 0.146 e. The summed E-state index contributed by atoms with van der Waals surface area (Å²) in [5.74, 6) is 8.49. The van der Waals surface area contributed by atoms with Crippen molar-refractivity contribution in [3.8, 4) is 56.3 Å². The zero-order valence-electron chi connectivity index (χ0n) is 43.1. The van der Waals surface area contributed by atoms with Gasteiger partial charge in [-0.05, 0) is 146 Å². The lowest BCUT2D eigenvalue weighted by atomic mass is 9.88. The van der Waals surface area contributed by atoms with Crippen LogP contribution < -0.4 is 0 Å². The van der Waals surface area contributed by atoms with Crippen LogP contribution in [0.1, 0.15) is 106 Å². The quantitative estimate of drug-likeness (QED) is 0.0728. The van der Waals surface area contributed by atoms with Gasteiger partial charge in [0.05, 0.1) is 0 Å². The van der Waals surface area contributed by atoms with Crippen LogP contribution in [0, 0.1) is 22.9 Å². The number of hydrogen-bond acceptors (Lipinski definition) is 0. The fraction of sp³-hybridized carbons (Fsp3) is 0.284. The number of rotatable bonds is 10. The highest BCUT2D eigenvalue weighted by Gasteiger charge is 2.43. The van der Waals surface area contributed by atoms with Gasteiger partial charge >= 0.3 is 0 Å². The van der Waals surface area contributed by atoms with Gasteiger partial charge in [-0.15, -0.1) is 11.1 Å². The van der Waals surface area contributed by atoms with Crippen molar-refractivity contribution in [2.24, 2.45) is 0 Å². The lowest BCUT2D eigenvalue weighted by molar-refractivity contribution is 0.838. The molecule has 8 aromatic rings. The van der Waals surface area contributed by atoms with E-state index in [0.29, 0.717) is 39.2 Å². The Morgan fingerprint density at radius 1 is 0.333 bits per heavy atom. The molecular formula is C67H70Si2. The van der Waals surface area contributed by atoms with E-state index in [4.69, 9.17) is 0 Å². The highest BCUT2D eigenvalue weighted by atomic mass is 28.3. The maximum Gasteiger partial charge on any atom is 0.146 e. The zero-order valence-corrected chi connectivity index (χ0v) is 45.1. The van der Waals surface area contributed by atoms with Crippen LogP contribution in [-0.4, -0.2) is 16.1 Å². The summed E-state index contributed by atoms with van der Waals surface area (Å²) in [5.41, 5.74) is 22.5. The molecule has 0 aliphatic heterocycles. The monoisotopic (exact) mass is 931 g/mol. The van der Waals surface area contributed by atoms with Crippen LogP contribution in [-0.2, 0) is 0 Å². The maximum absolute atomic E-state index is 4.18. The van der Waals surface area contributed by atoms with Gasteiger partial charge in [0.15, 0.2) is 0 Å². The van der Waals surface area contributed by atoms with E-state index in [1.807, 2.05) is 0 Å². The summed E-state index contributed by atoms with van der Waals surface area (Å²) in [4.78, 5) is 0. The zero-order chi connectivity index (χ0) is 48.8. The predicted octanol–water partition coefficient (Wildman–Crippen LogP) is 19.6. The highest BCUT2D eigenvalue weighted by Crippen LogP contribution is 2.44. The lowest BCUT2D eigenvalue weighted by Gasteiger charge is -2.38. The van der Waals surface area contributed by atoms with Gasteiger partial charge in [-0.2, -0.15) is 0 Å². The van der Waals surface area contributed by atoms with Gasteiger partial charge in [-0.25, -0.2) is 0 Å². The SMILES string of the molecule is CC(C)[Si](C#Cc1c2cc3ccccc3cc2c(C#C[Si](C(C)C)(C(C)C)C(C)C)c2cc3cc(-c4ccc(-c5ccc(-c6ccc(C7C=CC=C7)cc6)cc5)cc4)ccc3cc12)(C(C)C)C(C)C. The molecule has 0 N–H and O–H groups in total. The van der Waals surface area contributed by atoms with Crippen LogP contribution in [0.4, 0.5) is 0 Å². The van der Waals surface area contributed by atoms with Crippen molar-refractivity contribution in [3.63, 3.8) is 0 Å². The second kappa shape index (κ2) is 19.3. The van der Waals surface area contributed by atoms with E-state index >= 15 is 0 Å². The van der Waals surface area contributed by atoms with Gasteiger partial charge < -0.3 is 0 Å². The molecule has 0 amide bonds. The lowest BCUT2D eigenvalue weighted by Crippen LogP contribution is -2.43. The summed E-state index contributed by atoms with van der Waals surface area (Å²) in [5, 5.41) is 9.79. The van der Waals surface area contributed by atoms with Gasteiger partial charge in [0.1, 0.15) is 16.1 Å². The summed E-state index contributed by atoms with van der Waals surface area (Å²) < 4.78 is 0. The second-order valence-corrected chi connectivity index (χ2v) is 33.0. The molecule has 69 heavy (non-hydrogen) atoms. The smallest absolute Gasteiger partial charge is 0.125 e. The van der Waals surface area contributed by atoms with E-state index in [0.717, 1.165) is 11.1 Å².